The first-order valence-corrected chi connectivity index (χ1v) is 10.6. The predicted octanol–water partition coefficient (Wildman–Crippen LogP) is 0.416. The number of carbonyl (C=O) groups is 1. The molecule has 9 nitrogen and oxygen atoms in total. The zero-order valence-electron chi connectivity index (χ0n) is 15.4. The molecule has 1 saturated heterocycles. The Morgan fingerprint density at radius 1 is 1.15 bits per heavy atom. The number of urea groups is 1. The molecule has 1 aliphatic heterocycles. The van der Waals surface area contributed by atoms with Crippen molar-refractivity contribution in [2.75, 3.05) is 43.4 Å². The van der Waals surface area contributed by atoms with Crippen LogP contribution in [0.5, 0.6) is 0 Å². The van der Waals surface area contributed by atoms with Gasteiger partial charge in [-0.25, -0.2) is 23.2 Å². The van der Waals surface area contributed by atoms with E-state index >= 15 is 0 Å². The van der Waals surface area contributed by atoms with Gasteiger partial charge in [-0.2, -0.15) is 4.31 Å². The van der Waals surface area contributed by atoms with E-state index in [4.69, 9.17) is 0 Å². The van der Waals surface area contributed by atoms with E-state index in [-0.39, 0.29) is 24.4 Å². The molecule has 2 N–H and O–H groups in total. The molecule has 10 heteroatoms. The van der Waals surface area contributed by atoms with Crippen molar-refractivity contribution >= 4 is 22.0 Å². The van der Waals surface area contributed by atoms with Crippen LogP contribution in [0.1, 0.15) is 26.7 Å². The minimum Gasteiger partial charge on any atom is -0.338 e. The number of nitrogens with one attached hydrogen (secondary N) is 2. The molecule has 0 radical (unpaired) electrons. The standard InChI is InChI=1S/C16H28N6O3S/c1-3-14(4-2)20-16(23)19-8-13-26(24,25)22-11-9-21(10-12-22)15-17-6-5-7-18-15/h5-7,14H,3-4,8-13H2,1-2H3,(H2,19,20,23). The van der Waals surface area contributed by atoms with Gasteiger partial charge >= 0.3 is 6.03 Å². The number of nitrogens with zero attached hydrogens (tertiary/aromatic N) is 4. The average molecular weight is 385 g/mol. The summed E-state index contributed by atoms with van der Waals surface area (Å²) in [6, 6.07) is 1.54. The largest absolute Gasteiger partial charge is 0.338 e. The average Bonchev–Trinajstić information content (AvgIpc) is 2.66. The highest BCUT2D eigenvalue weighted by Gasteiger charge is 2.27. The summed E-state index contributed by atoms with van der Waals surface area (Å²) in [5.41, 5.74) is 0. The molecule has 146 valence electrons. The zero-order chi connectivity index (χ0) is 19.0. The molecule has 0 unspecified atom stereocenters. The molecule has 0 aromatic carbocycles. The normalized spacial score (nSPS) is 15.9. The molecule has 0 spiro atoms. The molecule has 1 aromatic heterocycles. The van der Waals surface area contributed by atoms with Crippen molar-refractivity contribution in [2.24, 2.45) is 0 Å². The summed E-state index contributed by atoms with van der Waals surface area (Å²) in [5.74, 6) is 0.509. The van der Waals surface area contributed by atoms with E-state index in [0.717, 1.165) is 12.8 Å². The minimum absolute atomic E-state index is 0.0936. The van der Waals surface area contributed by atoms with Crippen LogP contribution in [0.15, 0.2) is 18.5 Å². The fourth-order valence-corrected chi connectivity index (χ4v) is 4.11. The molecule has 0 aliphatic carbocycles. The summed E-state index contributed by atoms with van der Waals surface area (Å²) >= 11 is 0. The van der Waals surface area contributed by atoms with Crippen molar-refractivity contribution in [3.63, 3.8) is 0 Å². The molecular formula is C16H28N6O3S. The lowest BCUT2D eigenvalue weighted by Crippen LogP contribution is -2.51. The second-order valence-electron chi connectivity index (χ2n) is 6.16. The Kier molecular flexibility index (Phi) is 7.58. The Morgan fingerprint density at radius 2 is 1.77 bits per heavy atom. The van der Waals surface area contributed by atoms with Crippen LogP contribution >= 0.6 is 0 Å². The van der Waals surface area contributed by atoms with Gasteiger partial charge in [-0.1, -0.05) is 13.8 Å². The first kappa shape index (κ1) is 20.4. The molecule has 1 fully saturated rings. The molecule has 0 saturated carbocycles. The highest BCUT2D eigenvalue weighted by Crippen LogP contribution is 2.12. The Labute approximate surface area is 155 Å². The Bertz CT molecular complexity index is 658. The highest BCUT2D eigenvalue weighted by atomic mass is 32.2. The number of amides is 2. The third kappa shape index (κ3) is 5.80. The molecule has 1 aromatic rings. The number of hydrogen-bond acceptors (Lipinski definition) is 6. The quantitative estimate of drug-likeness (QED) is 0.672. The number of carbonyl (C=O) groups excluding carboxylic acids is 1. The highest BCUT2D eigenvalue weighted by molar-refractivity contribution is 7.89. The molecule has 0 atom stereocenters. The Hall–Kier alpha value is -1.94. The van der Waals surface area contributed by atoms with Crippen LogP contribution in [0.3, 0.4) is 0 Å². The van der Waals surface area contributed by atoms with Crippen molar-refractivity contribution in [3.05, 3.63) is 18.5 Å². The van der Waals surface area contributed by atoms with Crippen LogP contribution in [-0.2, 0) is 10.0 Å². The van der Waals surface area contributed by atoms with Gasteiger partial charge in [0.1, 0.15) is 0 Å². The monoisotopic (exact) mass is 384 g/mol. The summed E-state index contributed by atoms with van der Waals surface area (Å²) < 4.78 is 26.4. The fraction of sp³-hybridized carbons (Fsp3) is 0.688. The van der Waals surface area contributed by atoms with Crippen molar-refractivity contribution in [3.8, 4) is 0 Å². The van der Waals surface area contributed by atoms with Crippen LogP contribution in [0, 0.1) is 0 Å². The van der Waals surface area contributed by atoms with Crippen molar-refractivity contribution in [2.45, 2.75) is 32.7 Å². The summed E-state index contributed by atoms with van der Waals surface area (Å²) in [7, 11) is -3.40. The molecule has 2 heterocycles. The van der Waals surface area contributed by atoms with E-state index in [2.05, 4.69) is 20.6 Å². The second-order valence-corrected chi connectivity index (χ2v) is 8.25. The molecule has 2 rings (SSSR count). The third-order valence-electron chi connectivity index (χ3n) is 4.43. The maximum atomic E-state index is 12.4. The van der Waals surface area contributed by atoms with E-state index in [1.807, 2.05) is 18.7 Å². The molecule has 1 aliphatic rings. The van der Waals surface area contributed by atoms with Crippen molar-refractivity contribution in [1.82, 2.24) is 24.9 Å². The molecule has 26 heavy (non-hydrogen) atoms. The van der Waals surface area contributed by atoms with E-state index in [1.165, 1.54) is 4.31 Å². The lowest BCUT2D eigenvalue weighted by atomic mass is 10.2. The maximum Gasteiger partial charge on any atom is 0.315 e. The van der Waals surface area contributed by atoms with Gasteiger partial charge in [-0.3, -0.25) is 0 Å². The van der Waals surface area contributed by atoms with Crippen molar-refractivity contribution < 1.29 is 13.2 Å². The predicted molar refractivity (Wildman–Crippen MR) is 101 cm³/mol. The van der Waals surface area contributed by atoms with Gasteiger partial charge in [0.15, 0.2) is 0 Å². The van der Waals surface area contributed by atoms with Crippen LogP contribution < -0.4 is 15.5 Å². The van der Waals surface area contributed by atoms with E-state index in [1.54, 1.807) is 18.5 Å². The van der Waals surface area contributed by atoms with E-state index < -0.39 is 10.0 Å². The summed E-state index contributed by atoms with van der Waals surface area (Å²) in [6.45, 7) is 5.97. The second kappa shape index (κ2) is 9.67. The smallest absolute Gasteiger partial charge is 0.315 e. The fourth-order valence-electron chi connectivity index (χ4n) is 2.77. The first-order chi connectivity index (χ1) is 12.5. The van der Waals surface area contributed by atoms with Gasteiger partial charge in [0.05, 0.1) is 5.75 Å². The van der Waals surface area contributed by atoms with Crippen molar-refractivity contribution in [1.29, 1.82) is 0 Å². The van der Waals surface area contributed by atoms with Crippen LogP contribution in [0.2, 0.25) is 0 Å². The van der Waals surface area contributed by atoms with Gasteiger partial charge in [0, 0.05) is 51.2 Å². The lowest BCUT2D eigenvalue weighted by molar-refractivity contribution is 0.236. The summed E-state index contributed by atoms with van der Waals surface area (Å²) in [5, 5.41) is 5.45. The lowest BCUT2D eigenvalue weighted by Gasteiger charge is -2.33. The summed E-state index contributed by atoms with van der Waals surface area (Å²) in [4.78, 5) is 22.1. The third-order valence-corrected chi connectivity index (χ3v) is 6.31. The topological polar surface area (TPSA) is 108 Å². The van der Waals surface area contributed by atoms with Gasteiger partial charge in [0.25, 0.3) is 0 Å². The SMILES string of the molecule is CCC(CC)NC(=O)NCCS(=O)(=O)N1CCN(c2ncccn2)CC1. The Morgan fingerprint density at radius 3 is 2.35 bits per heavy atom. The summed E-state index contributed by atoms with van der Waals surface area (Å²) in [6.07, 6.45) is 5.03. The molecule has 2 amide bonds. The number of aromatic nitrogens is 2. The number of piperazine rings is 1. The van der Waals surface area contributed by atoms with Crippen LogP contribution in [-0.4, -0.2) is 73.2 Å². The number of rotatable bonds is 8. The van der Waals surface area contributed by atoms with Crippen LogP contribution in [0.4, 0.5) is 10.7 Å². The number of sulfonamides is 1. The van der Waals surface area contributed by atoms with Gasteiger partial charge in [-0.15, -0.1) is 0 Å². The van der Waals surface area contributed by atoms with E-state index in [0.29, 0.717) is 32.1 Å². The molecular weight excluding hydrogens is 356 g/mol. The van der Waals surface area contributed by atoms with Gasteiger partial charge in [0.2, 0.25) is 16.0 Å². The zero-order valence-corrected chi connectivity index (χ0v) is 16.2. The number of hydrogen-bond donors (Lipinski definition) is 2. The molecule has 0 bridgehead atoms. The minimum atomic E-state index is -3.40. The number of anilines is 1. The van der Waals surface area contributed by atoms with E-state index in [9.17, 15) is 13.2 Å². The van der Waals surface area contributed by atoms with Gasteiger partial charge < -0.3 is 15.5 Å². The van der Waals surface area contributed by atoms with Crippen LogP contribution in [0.25, 0.3) is 0 Å². The maximum absolute atomic E-state index is 12.4. The van der Waals surface area contributed by atoms with Gasteiger partial charge in [-0.05, 0) is 18.9 Å². The first-order valence-electron chi connectivity index (χ1n) is 9.00. The Balaban J connectivity index is 1.76.